The van der Waals surface area contributed by atoms with Gasteiger partial charge in [0.05, 0.1) is 4.90 Å². The molecular formula is C18H19NO6S. The highest BCUT2D eigenvalue weighted by Gasteiger charge is 2.24. The molecule has 0 bridgehead atoms. The van der Waals surface area contributed by atoms with Gasteiger partial charge >= 0.3 is 0 Å². The maximum absolute atomic E-state index is 12.9. The predicted molar refractivity (Wildman–Crippen MR) is 93.5 cm³/mol. The van der Waals surface area contributed by atoms with Crippen LogP contribution in [-0.4, -0.2) is 46.2 Å². The Hall–Kier alpha value is -2.45. The maximum Gasteiger partial charge on any atom is 0.243 e. The summed E-state index contributed by atoms with van der Waals surface area (Å²) in [5.41, 5.74) is 0.817. The molecule has 2 aromatic rings. The molecule has 0 amide bonds. The molecule has 2 heterocycles. The van der Waals surface area contributed by atoms with Crippen LogP contribution in [0.5, 0.6) is 23.0 Å². The second kappa shape index (κ2) is 6.69. The molecule has 26 heavy (non-hydrogen) atoms. The minimum absolute atomic E-state index is 0.168. The van der Waals surface area contributed by atoms with Crippen molar-refractivity contribution >= 4 is 10.0 Å². The van der Waals surface area contributed by atoms with Crippen molar-refractivity contribution in [2.24, 2.45) is 0 Å². The predicted octanol–water partition coefficient (Wildman–Crippen LogP) is 2.05. The smallest absolute Gasteiger partial charge is 0.243 e. The van der Waals surface area contributed by atoms with Gasteiger partial charge in [-0.1, -0.05) is 6.07 Å². The largest absolute Gasteiger partial charge is 0.486 e. The number of sulfonamides is 1. The van der Waals surface area contributed by atoms with Crippen molar-refractivity contribution < 1.29 is 27.4 Å². The van der Waals surface area contributed by atoms with Crippen LogP contribution < -0.4 is 18.9 Å². The van der Waals surface area contributed by atoms with Gasteiger partial charge in [-0.15, -0.1) is 0 Å². The Balaban J connectivity index is 1.56. The Labute approximate surface area is 152 Å². The van der Waals surface area contributed by atoms with E-state index in [0.717, 1.165) is 5.56 Å². The fourth-order valence-electron chi connectivity index (χ4n) is 2.89. The summed E-state index contributed by atoms with van der Waals surface area (Å²) in [6.45, 7) is 2.09. The first-order valence-electron chi connectivity index (χ1n) is 8.28. The van der Waals surface area contributed by atoms with Crippen LogP contribution in [0.2, 0.25) is 0 Å². The molecule has 0 aromatic heterocycles. The van der Waals surface area contributed by atoms with Crippen LogP contribution in [0.4, 0.5) is 0 Å². The summed E-state index contributed by atoms with van der Waals surface area (Å²) in [5, 5.41) is 0. The molecular weight excluding hydrogens is 358 g/mol. The molecule has 2 aromatic carbocycles. The zero-order valence-corrected chi connectivity index (χ0v) is 15.1. The highest BCUT2D eigenvalue weighted by molar-refractivity contribution is 7.89. The molecule has 0 saturated heterocycles. The van der Waals surface area contributed by atoms with Crippen LogP contribution >= 0.6 is 0 Å². The van der Waals surface area contributed by atoms with Gasteiger partial charge in [0.1, 0.15) is 26.4 Å². The number of benzene rings is 2. The molecule has 8 heteroatoms. The molecule has 138 valence electrons. The second-order valence-corrected chi connectivity index (χ2v) is 8.09. The van der Waals surface area contributed by atoms with Crippen molar-refractivity contribution in [3.8, 4) is 23.0 Å². The lowest BCUT2D eigenvalue weighted by atomic mass is 10.2. The molecule has 7 nitrogen and oxygen atoms in total. The average molecular weight is 377 g/mol. The third-order valence-corrected chi connectivity index (χ3v) is 6.03. The van der Waals surface area contributed by atoms with Crippen molar-refractivity contribution in [2.45, 2.75) is 11.4 Å². The molecule has 0 aliphatic carbocycles. The van der Waals surface area contributed by atoms with E-state index in [1.165, 1.54) is 16.4 Å². The molecule has 0 radical (unpaired) electrons. The Bertz CT molecular complexity index is 927. The highest BCUT2D eigenvalue weighted by Crippen LogP contribution is 2.34. The topological polar surface area (TPSA) is 74.3 Å². The Morgan fingerprint density at radius 1 is 0.808 bits per heavy atom. The molecule has 0 unspecified atom stereocenters. The summed E-state index contributed by atoms with van der Waals surface area (Å²) in [5.74, 6) is 2.32. The molecule has 0 fully saturated rings. The van der Waals surface area contributed by atoms with E-state index in [2.05, 4.69) is 0 Å². The summed E-state index contributed by atoms with van der Waals surface area (Å²) in [6.07, 6.45) is 0. The normalized spacial score (nSPS) is 15.8. The summed E-state index contributed by atoms with van der Waals surface area (Å²) in [4.78, 5) is 0.168. The molecule has 0 atom stereocenters. The lowest BCUT2D eigenvalue weighted by molar-refractivity contribution is 0.171. The number of fused-ring (bicyclic) bond motifs is 2. The van der Waals surface area contributed by atoms with Crippen LogP contribution in [0, 0.1) is 0 Å². The van der Waals surface area contributed by atoms with E-state index in [4.69, 9.17) is 18.9 Å². The van der Waals surface area contributed by atoms with E-state index in [-0.39, 0.29) is 11.4 Å². The average Bonchev–Trinajstić information content (AvgIpc) is 2.67. The lowest BCUT2D eigenvalue weighted by Gasteiger charge is -2.22. The van der Waals surface area contributed by atoms with Gasteiger partial charge in [0.15, 0.2) is 23.0 Å². The SMILES string of the molecule is CN(Cc1ccc2c(c1)OCCO2)S(=O)(=O)c1ccc2c(c1)OCCO2. The van der Waals surface area contributed by atoms with E-state index >= 15 is 0 Å². The van der Waals surface area contributed by atoms with Gasteiger partial charge in [-0.25, -0.2) is 8.42 Å². The van der Waals surface area contributed by atoms with Crippen LogP contribution in [0.1, 0.15) is 5.56 Å². The van der Waals surface area contributed by atoms with E-state index in [1.54, 1.807) is 19.2 Å². The van der Waals surface area contributed by atoms with Gasteiger partial charge in [-0.3, -0.25) is 0 Å². The first kappa shape index (κ1) is 17.0. The van der Waals surface area contributed by atoms with Gasteiger partial charge < -0.3 is 18.9 Å². The summed E-state index contributed by atoms with van der Waals surface area (Å²) in [6, 6.07) is 10.1. The summed E-state index contributed by atoms with van der Waals surface area (Å²) in [7, 11) is -2.12. The molecule has 0 spiro atoms. The van der Waals surface area contributed by atoms with Crippen LogP contribution in [0.3, 0.4) is 0 Å². The van der Waals surface area contributed by atoms with Gasteiger partial charge in [-0.2, -0.15) is 4.31 Å². The van der Waals surface area contributed by atoms with Crippen LogP contribution in [0.25, 0.3) is 0 Å². The zero-order valence-electron chi connectivity index (χ0n) is 14.3. The summed E-state index contributed by atoms with van der Waals surface area (Å²) < 4.78 is 49.0. The quantitative estimate of drug-likeness (QED) is 0.812. The van der Waals surface area contributed by atoms with Gasteiger partial charge in [0.2, 0.25) is 10.0 Å². The maximum atomic E-state index is 12.9. The molecule has 4 rings (SSSR count). The van der Waals surface area contributed by atoms with Crippen molar-refractivity contribution in [1.82, 2.24) is 4.31 Å². The Kier molecular flexibility index (Phi) is 4.37. The number of hydrogen-bond acceptors (Lipinski definition) is 6. The highest BCUT2D eigenvalue weighted by atomic mass is 32.2. The van der Waals surface area contributed by atoms with E-state index in [1.807, 2.05) is 12.1 Å². The number of rotatable bonds is 4. The van der Waals surface area contributed by atoms with E-state index < -0.39 is 10.0 Å². The molecule has 2 aliphatic rings. The third kappa shape index (κ3) is 3.17. The van der Waals surface area contributed by atoms with Crippen molar-refractivity contribution in [1.29, 1.82) is 0 Å². The minimum atomic E-state index is -3.67. The minimum Gasteiger partial charge on any atom is -0.486 e. The van der Waals surface area contributed by atoms with E-state index in [0.29, 0.717) is 49.4 Å². The van der Waals surface area contributed by atoms with E-state index in [9.17, 15) is 8.42 Å². The molecule has 2 aliphatic heterocycles. The number of ether oxygens (including phenoxy) is 4. The number of hydrogen-bond donors (Lipinski definition) is 0. The fraction of sp³-hybridized carbons (Fsp3) is 0.333. The first-order chi connectivity index (χ1) is 12.5. The molecule has 0 N–H and O–H groups in total. The van der Waals surface area contributed by atoms with Crippen molar-refractivity contribution in [3.63, 3.8) is 0 Å². The lowest BCUT2D eigenvalue weighted by Crippen LogP contribution is -2.27. The Morgan fingerprint density at radius 2 is 1.35 bits per heavy atom. The monoisotopic (exact) mass is 377 g/mol. The van der Waals surface area contributed by atoms with Gasteiger partial charge in [-0.05, 0) is 29.8 Å². The zero-order chi connectivity index (χ0) is 18.1. The first-order valence-corrected chi connectivity index (χ1v) is 9.72. The number of nitrogens with zero attached hydrogens (tertiary/aromatic N) is 1. The van der Waals surface area contributed by atoms with Gasteiger partial charge in [0.25, 0.3) is 0 Å². The van der Waals surface area contributed by atoms with Crippen molar-refractivity contribution in [3.05, 3.63) is 42.0 Å². The standard InChI is InChI=1S/C18H19NO6S/c1-19(12-13-2-4-15-17(10-13)24-8-6-22-15)26(20,21)14-3-5-16-18(11-14)25-9-7-23-16/h2-5,10-11H,6-9,12H2,1H3. The third-order valence-electron chi connectivity index (χ3n) is 4.23. The summed E-state index contributed by atoms with van der Waals surface area (Å²) >= 11 is 0. The van der Waals surface area contributed by atoms with Gasteiger partial charge in [0, 0.05) is 19.7 Å². The van der Waals surface area contributed by atoms with Crippen LogP contribution in [-0.2, 0) is 16.6 Å². The fourth-order valence-corrected chi connectivity index (χ4v) is 4.07. The molecule has 0 saturated carbocycles. The second-order valence-electron chi connectivity index (χ2n) is 6.04. The Morgan fingerprint density at radius 3 is 2.00 bits per heavy atom. The van der Waals surface area contributed by atoms with Crippen molar-refractivity contribution in [2.75, 3.05) is 33.5 Å². The van der Waals surface area contributed by atoms with Crippen LogP contribution in [0.15, 0.2) is 41.3 Å².